The Kier molecular flexibility index (Phi) is 2.55. The summed E-state index contributed by atoms with van der Waals surface area (Å²) in [6.45, 7) is 1.10. The Hall–Kier alpha value is -1.10. The van der Waals surface area contributed by atoms with Gasteiger partial charge in [0.25, 0.3) is 0 Å². The number of hydrogen-bond acceptors (Lipinski definition) is 3. The van der Waals surface area contributed by atoms with Crippen molar-refractivity contribution in [2.24, 2.45) is 0 Å². The Bertz CT molecular complexity index is 495. The normalized spacial score (nSPS) is 20.8. The van der Waals surface area contributed by atoms with Crippen LogP contribution in [0.1, 0.15) is 12.8 Å². The average Bonchev–Trinajstić information content (AvgIpc) is 2.96. The summed E-state index contributed by atoms with van der Waals surface area (Å²) < 4.78 is 1.79. The summed E-state index contributed by atoms with van der Waals surface area (Å²) in [4.78, 5) is 7.00. The van der Waals surface area contributed by atoms with Gasteiger partial charge in [0.1, 0.15) is 5.82 Å². The third-order valence-corrected chi connectivity index (χ3v) is 3.84. The molecule has 4 nitrogen and oxygen atoms in total. The van der Waals surface area contributed by atoms with Crippen molar-refractivity contribution >= 4 is 27.4 Å². The highest BCUT2D eigenvalue weighted by atomic mass is 79.9. The molecule has 1 fully saturated rings. The van der Waals surface area contributed by atoms with Gasteiger partial charge in [0.05, 0.1) is 6.20 Å². The maximum absolute atomic E-state index is 4.62. The second kappa shape index (κ2) is 4.05. The van der Waals surface area contributed by atoms with E-state index in [1.165, 1.54) is 12.8 Å². The highest BCUT2D eigenvalue weighted by Gasteiger charge is 2.24. The zero-order valence-corrected chi connectivity index (χ0v) is 10.5. The van der Waals surface area contributed by atoms with Crippen LogP contribution in [0.15, 0.2) is 24.5 Å². The topological polar surface area (TPSA) is 33.4 Å². The van der Waals surface area contributed by atoms with Crippen LogP contribution in [0.4, 0.5) is 5.82 Å². The van der Waals surface area contributed by atoms with E-state index in [2.05, 4.69) is 30.9 Å². The van der Waals surface area contributed by atoms with Crippen molar-refractivity contribution in [2.45, 2.75) is 18.9 Å². The van der Waals surface area contributed by atoms with E-state index in [4.69, 9.17) is 0 Å². The SMILES string of the molecule is BrCC1CCCN1c1ccn2nccc2n1. The molecular weight excluding hydrogens is 268 g/mol. The van der Waals surface area contributed by atoms with Crippen LogP contribution < -0.4 is 4.90 Å². The lowest BCUT2D eigenvalue weighted by Gasteiger charge is -2.23. The van der Waals surface area contributed by atoms with E-state index in [1.807, 2.05) is 18.3 Å². The molecule has 1 saturated heterocycles. The summed E-state index contributed by atoms with van der Waals surface area (Å²) in [5.74, 6) is 1.06. The van der Waals surface area contributed by atoms with Crippen LogP contribution in [-0.2, 0) is 0 Å². The maximum atomic E-state index is 4.62. The molecule has 5 heteroatoms. The fourth-order valence-corrected chi connectivity index (χ4v) is 2.93. The molecule has 84 valence electrons. The quantitative estimate of drug-likeness (QED) is 0.790. The predicted molar refractivity (Wildman–Crippen MR) is 67.1 cm³/mol. The van der Waals surface area contributed by atoms with Gasteiger partial charge in [-0.25, -0.2) is 9.50 Å². The van der Waals surface area contributed by atoms with Crippen LogP contribution in [0.3, 0.4) is 0 Å². The van der Waals surface area contributed by atoms with Gasteiger partial charge in [0, 0.05) is 30.2 Å². The number of alkyl halides is 1. The summed E-state index contributed by atoms with van der Waals surface area (Å²) in [6.07, 6.45) is 6.25. The summed E-state index contributed by atoms with van der Waals surface area (Å²) in [7, 11) is 0. The Morgan fingerprint density at radius 2 is 2.38 bits per heavy atom. The maximum Gasteiger partial charge on any atom is 0.157 e. The minimum Gasteiger partial charge on any atom is -0.353 e. The van der Waals surface area contributed by atoms with Crippen molar-refractivity contribution in [1.82, 2.24) is 14.6 Å². The van der Waals surface area contributed by atoms with Gasteiger partial charge in [0.15, 0.2) is 5.65 Å². The molecule has 2 aromatic heterocycles. The Morgan fingerprint density at radius 1 is 1.44 bits per heavy atom. The van der Waals surface area contributed by atoms with Crippen LogP contribution in [0, 0.1) is 0 Å². The molecule has 0 aromatic carbocycles. The van der Waals surface area contributed by atoms with Crippen molar-refractivity contribution < 1.29 is 0 Å². The summed E-state index contributed by atoms with van der Waals surface area (Å²) >= 11 is 3.57. The molecule has 1 unspecified atom stereocenters. The van der Waals surface area contributed by atoms with Gasteiger partial charge in [-0.2, -0.15) is 5.10 Å². The standard InChI is InChI=1S/C11H13BrN4/c12-8-9-2-1-6-15(9)10-4-7-16-11(14-10)3-5-13-16/h3-5,7,9H,1-2,6,8H2. The first-order valence-electron chi connectivity index (χ1n) is 5.51. The first-order valence-corrected chi connectivity index (χ1v) is 6.63. The number of anilines is 1. The van der Waals surface area contributed by atoms with Gasteiger partial charge in [0.2, 0.25) is 0 Å². The Morgan fingerprint density at radius 3 is 3.25 bits per heavy atom. The van der Waals surface area contributed by atoms with E-state index in [9.17, 15) is 0 Å². The van der Waals surface area contributed by atoms with Crippen molar-refractivity contribution in [1.29, 1.82) is 0 Å². The molecule has 3 heterocycles. The molecule has 3 rings (SSSR count). The lowest BCUT2D eigenvalue weighted by atomic mass is 10.2. The van der Waals surface area contributed by atoms with E-state index >= 15 is 0 Å². The van der Waals surface area contributed by atoms with Gasteiger partial charge in [-0.1, -0.05) is 15.9 Å². The average molecular weight is 281 g/mol. The molecule has 0 saturated carbocycles. The Labute approximate surface area is 102 Å². The van der Waals surface area contributed by atoms with E-state index < -0.39 is 0 Å². The van der Waals surface area contributed by atoms with Crippen LogP contribution in [-0.4, -0.2) is 32.5 Å². The largest absolute Gasteiger partial charge is 0.353 e. The smallest absolute Gasteiger partial charge is 0.157 e. The van der Waals surface area contributed by atoms with Crippen molar-refractivity contribution in [3.05, 3.63) is 24.5 Å². The molecule has 1 atom stereocenters. The fourth-order valence-electron chi connectivity index (χ4n) is 2.26. The lowest BCUT2D eigenvalue weighted by Crippen LogP contribution is -2.31. The number of nitrogens with zero attached hydrogens (tertiary/aromatic N) is 4. The molecule has 0 N–H and O–H groups in total. The van der Waals surface area contributed by atoms with Crippen molar-refractivity contribution in [3.63, 3.8) is 0 Å². The molecule has 1 aliphatic heterocycles. The molecule has 0 amide bonds. The zero-order valence-electron chi connectivity index (χ0n) is 8.88. The van der Waals surface area contributed by atoms with Gasteiger partial charge in [-0.05, 0) is 18.9 Å². The number of hydrogen-bond donors (Lipinski definition) is 0. The van der Waals surface area contributed by atoms with Gasteiger partial charge < -0.3 is 4.90 Å². The molecule has 0 bridgehead atoms. The number of fused-ring (bicyclic) bond motifs is 1. The monoisotopic (exact) mass is 280 g/mol. The minimum absolute atomic E-state index is 0.581. The zero-order chi connectivity index (χ0) is 11.0. The predicted octanol–water partition coefficient (Wildman–Crippen LogP) is 2.09. The van der Waals surface area contributed by atoms with Gasteiger partial charge >= 0.3 is 0 Å². The van der Waals surface area contributed by atoms with E-state index in [0.29, 0.717) is 6.04 Å². The minimum atomic E-state index is 0.581. The molecular formula is C11H13BrN4. The van der Waals surface area contributed by atoms with Crippen molar-refractivity contribution in [3.8, 4) is 0 Å². The van der Waals surface area contributed by atoms with Gasteiger partial charge in [-0.15, -0.1) is 0 Å². The summed E-state index contributed by atoms with van der Waals surface area (Å²) in [5, 5.41) is 5.17. The molecule has 16 heavy (non-hydrogen) atoms. The van der Waals surface area contributed by atoms with E-state index in [1.54, 1.807) is 10.7 Å². The van der Waals surface area contributed by atoms with Gasteiger partial charge in [-0.3, -0.25) is 0 Å². The number of rotatable bonds is 2. The first-order chi connectivity index (χ1) is 7.88. The second-order valence-electron chi connectivity index (χ2n) is 4.06. The number of aromatic nitrogens is 3. The molecule has 0 radical (unpaired) electrons. The molecule has 1 aliphatic rings. The number of halogens is 1. The van der Waals surface area contributed by atoms with Crippen LogP contribution in [0.5, 0.6) is 0 Å². The highest BCUT2D eigenvalue weighted by Crippen LogP contribution is 2.25. The van der Waals surface area contributed by atoms with Crippen LogP contribution in [0.2, 0.25) is 0 Å². The molecule has 2 aromatic rings. The highest BCUT2D eigenvalue weighted by molar-refractivity contribution is 9.09. The third-order valence-electron chi connectivity index (χ3n) is 3.09. The van der Waals surface area contributed by atoms with E-state index in [-0.39, 0.29) is 0 Å². The third kappa shape index (κ3) is 1.59. The van der Waals surface area contributed by atoms with Crippen molar-refractivity contribution in [2.75, 3.05) is 16.8 Å². The van der Waals surface area contributed by atoms with Crippen LogP contribution in [0.25, 0.3) is 5.65 Å². The molecule has 0 aliphatic carbocycles. The van der Waals surface area contributed by atoms with E-state index in [0.717, 1.165) is 23.3 Å². The lowest BCUT2D eigenvalue weighted by molar-refractivity contribution is 0.740. The summed E-state index contributed by atoms with van der Waals surface area (Å²) in [5.41, 5.74) is 0.915. The first kappa shape index (κ1) is 10.1. The Balaban J connectivity index is 1.98. The second-order valence-corrected chi connectivity index (χ2v) is 4.71. The fraction of sp³-hybridized carbons (Fsp3) is 0.455. The summed E-state index contributed by atoms with van der Waals surface area (Å²) in [6, 6.07) is 4.56. The molecule has 0 spiro atoms. The van der Waals surface area contributed by atoms with Crippen LogP contribution >= 0.6 is 15.9 Å².